The number of aromatic nitrogens is 1. The largest absolute Gasteiger partial charge is 0.356 e. The molecule has 0 fully saturated rings. The Labute approximate surface area is 186 Å². The second kappa shape index (κ2) is 8.69. The first kappa shape index (κ1) is 20.6. The summed E-state index contributed by atoms with van der Waals surface area (Å²) in [6.45, 7) is 0.936. The summed E-state index contributed by atoms with van der Waals surface area (Å²) in [7, 11) is 0. The molecule has 0 N–H and O–H groups in total. The van der Waals surface area contributed by atoms with Crippen LogP contribution in [-0.2, 0) is 30.6 Å². The Hall–Kier alpha value is -3.28. The van der Waals surface area contributed by atoms with Crippen molar-refractivity contribution < 1.29 is 18.5 Å². The van der Waals surface area contributed by atoms with Gasteiger partial charge in [0, 0.05) is 42.5 Å². The molecule has 0 unspecified atom stereocenters. The van der Waals surface area contributed by atoms with Crippen LogP contribution in [0, 0.1) is 5.82 Å². The lowest BCUT2D eigenvalue weighted by atomic mass is 9.89. The van der Waals surface area contributed by atoms with Crippen molar-refractivity contribution in [2.75, 3.05) is 6.54 Å². The molecule has 0 spiro atoms. The van der Waals surface area contributed by atoms with Gasteiger partial charge < -0.3 is 9.42 Å². The SMILES string of the molecule is O=C(CCC(=O)N1CCc2noc(-c3ccc(F)cc3)c2C1)c1ccc2c(c1)CCCC2. The zero-order chi connectivity index (χ0) is 22.1. The molecule has 5 nitrogen and oxygen atoms in total. The number of carbonyl (C=O) groups is 2. The van der Waals surface area contributed by atoms with E-state index in [2.05, 4.69) is 11.2 Å². The van der Waals surface area contributed by atoms with Crippen LogP contribution in [0.5, 0.6) is 0 Å². The first-order chi connectivity index (χ1) is 15.6. The minimum absolute atomic E-state index is 0.0152. The number of halogens is 1. The lowest BCUT2D eigenvalue weighted by Gasteiger charge is -2.26. The number of ketones is 1. The van der Waals surface area contributed by atoms with Gasteiger partial charge >= 0.3 is 0 Å². The molecular formula is C26H25FN2O3. The zero-order valence-electron chi connectivity index (χ0n) is 17.9. The van der Waals surface area contributed by atoms with E-state index in [1.54, 1.807) is 17.0 Å². The summed E-state index contributed by atoms with van der Waals surface area (Å²) in [6, 6.07) is 12.0. The third-order valence-electron chi connectivity index (χ3n) is 6.53. The molecule has 0 saturated carbocycles. The van der Waals surface area contributed by atoms with Crippen molar-refractivity contribution in [1.29, 1.82) is 0 Å². The maximum absolute atomic E-state index is 13.3. The fourth-order valence-electron chi connectivity index (χ4n) is 4.68. The highest BCUT2D eigenvalue weighted by Gasteiger charge is 2.27. The lowest BCUT2D eigenvalue weighted by Crippen LogP contribution is -2.36. The summed E-state index contributed by atoms with van der Waals surface area (Å²) in [5, 5.41) is 4.14. The molecule has 0 bridgehead atoms. The molecule has 0 saturated heterocycles. The molecule has 1 aliphatic carbocycles. The van der Waals surface area contributed by atoms with Gasteiger partial charge in [0.25, 0.3) is 0 Å². The highest BCUT2D eigenvalue weighted by Crippen LogP contribution is 2.31. The molecule has 2 aromatic carbocycles. The van der Waals surface area contributed by atoms with E-state index in [9.17, 15) is 14.0 Å². The van der Waals surface area contributed by atoms with Crippen LogP contribution in [0.3, 0.4) is 0 Å². The van der Waals surface area contributed by atoms with Crippen molar-refractivity contribution in [3.8, 4) is 11.3 Å². The van der Waals surface area contributed by atoms with Gasteiger partial charge in [0.15, 0.2) is 11.5 Å². The molecule has 0 atom stereocenters. The average Bonchev–Trinajstić information content (AvgIpc) is 3.25. The van der Waals surface area contributed by atoms with E-state index in [0.717, 1.165) is 29.7 Å². The van der Waals surface area contributed by atoms with Gasteiger partial charge in [-0.05, 0) is 67.1 Å². The van der Waals surface area contributed by atoms with Crippen LogP contribution in [0.15, 0.2) is 47.0 Å². The van der Waals surface area contributed by atoms with Crippen molar-refractivity contribution in [2.45, 2.75) is 51.5 Å². The minimum atomic E-state index is -0.317. The molecule has 1 amide bonds. The van der Waals surface area contributed by atoms with E-state index in [4.69, 9.17) is 4.52 Å². The van der Waals surface area contributed by atoms with Gasteiger partial charge in [0.1, 0.15) is 5.82 Å². The Morgan fingerprint density at radius 3 is 2.56 bits per heavy atom. The van der Waals surface area contributed by atoms with Gasteiger partial charge in [-0.25, -0.2) is 4.39 Å². The van der Waals surface area contributed by atoms with Gasteiger partial charge in [0.05, 0.1) is 12.2 Å². The molecule has 2 heterocycles. The Balaban J connectivity index is 1.23. The van der Waals surface area contributed by atoms with Gasteiger partial charge in [-0.3, -0.25) is 9.59 Å². The van der Waals surface area contributed by atoms with E-state index >= 15 is 0 Å². The number of benzene rings is 2. The monoisotopic (exact) mass is 432 g/mol. The number of fused-ring (bicyclic) bond motifs is 2. The quantitative estimate of drug-likeness (QED) is 0.538. The molecule has 3 aromatic rings. The number of aryl methyl sites for hydroxylation is 2. The Morgan fingerprint density at radius 1 is 0.969 bits per heavy atom. The molecule has 2 aliphatic rings. The van der Waals surface area contributed by atoms with E-state index in [0.29, 0.717) is 30.8 Å². The first-order valence-electron chi connectivity index (χ1n) is 11.2. The van der Waals surface area contributed by atoms with Crippen molar-refractivity contribution in [3.63, 3.8) is 0 Å². The number of Topliss-reactive ketones (excluding diaryl/α,β-unsaturated/α-hetero) is 1. The van der Waals surface area contributed by atoms with Crippen molar-refractivity contribution in [1.82, 2.24) is 10.1 Å². The maximum atomic E-state index is 13.3. The lowest BCUT2D eigenvalue weighted by molar-refractivity contribution is -0.132. The summed E-state index contributed by atoms with van der Waals surface area (Å²) in [5.74, 6) is 0.222. The number of rotatable bonds is 5. The van der Waals surface area contributed by atoms with Crippen LogP contribution in [0.1, 0.15) is 58.4 Å². The van der Waals surface area contributed by atoms with Crippen LogP contribution in [0.2, 0.25) is 0 Å². The first-order valence-corrected chi connectivity index (χ1v) is 11.2. The van der Waals surface area contributed by atoms with Crippen LogP contribution in [-0.4, -0.2) is 28.3 Å². The molecule has 6 heteroatoms. The summed E-state index contributed by atoms with van der Waals surface area (Å²) in [5.41, 5.74) is 5.75. The molecule has 1 aliphatic heterocycles. The predicted molar refractivity (Wildman–Crippen MR) is 118 cm³/mol. The summed E-state index contributed by atoms with van der Waals surface area (Å²) < 4.78 is 18.8. The minimum Gasteiger partial charge on any atom is -0.356 e. The summed E-state index contributed by atoms with van der Waals surface area (Å²) in [4.78, 5) is 27.3. The Bertz CT molecular complexity index is 1170. The molecule has 164 valence electrons. The Morgan fingerprint density at radius 2 is 1.75 bits per heavy atom. The molecular weight excluding hydrogens is 407 g/mol. The van der Waals surface area contributed by atoms with E-state index in [1.165, 1.54) is 36.1 Å². The number of amides is 1. The average molecular weight is 432 g/mol. The zero-order valence-corrected chi connectivity index (χ0v) is 17.9. The number of hydrogen-bond donors (Lipinski definition) is 0. The normalized spacial score (nSPS) is 15.2. The van der Waals surface area contributed by atoms with Gasteiger partial charge in [-0.2, -0.15) is 0 Å². The van der Waals surface area contributed by atoms with Crippen molar-refractivity contribution in [2.24, 2.45) is 0 Å². The maximum Gasteiger partial charge on any atom is 0.223 e. The standard InChI is InChI=1S/C26H25FN2O3/c27-21-9-7-18(8-10-21)26-22-16-29(14-13-23(22)28-32-26)25(31)12-11-24(30)20-6-5-17-3-1-2-4-19(17)15-20/h5-10,15H,1-4,11-14,16H2. The fourth-order valence-corrected chi connectivity index (χ4v) is 4.68. The third kappa shape index (κ3) is 4.09. The molecule has 5 rings (SSSR count). The number of nitrogens with zero attached hydrogens (tertiary/aromatic N) is 2. The van der Waals surface area contributed by atoms with Gasteiger partial charge in [-0.1, -0.05) is 17.3 Å². The van der Waals surface area contributed by atoms with E-state index in [1.807, 2.05) is 12.1 Å². The van der Waals surface area contributed by atoms with E-state index < -0.39 is 0 Å². The van der Waals surface area contributed by atoms with Crippen molar-refractivity contribution in [3.05, 3.63) is 76.2 Å². The highest BCUT2D eigenvalue weighted by molar-refractivity contribution is 5.98. The van der Waals surface area contributed by atoms with Crippen molar-refractivity contribution >= 4 is 11.7 Å². The van der Waals surface area contributed by atoms with Crippen LogP contribution < -0.4 is 0 Å². The van der Waals surface area contributed by atoms with Crippen LogP contribution in [0.25, 0.3) is 11.3 Å². The highest BCUT2D eigenvalue weighted by atomic mass is 19.1. The fraction of sp³-hybridized carbons (Fsp3) is 0.346. The van der Waals surface area contributed by atoms with Gasteiger partial charge in [0.2, 0.25) is 5.91 Å². The summed E-state index contributed by atoms with van der Waals surface area (Å²) in [6.07, 6.45) is 5.48. The predicted octanol–water partition coefficient (Wildman–Crippen LogP) is 4.91. The smallest absolute Gasteiger partial charge is 0.223 e. The molecule has 32 heavy (non-hydrogen) atoms. The Kier molecular flexibility index (Phi) is 5.60. The van der Waals surface area contributed by atoms with Gasteiger partial charge in [-0.15, -0.1) is 0 Å². The molecule has 1 aromatic heterocycles. The summed E-state index contributed by atoms with van der Waals surface area (Å²) >= 11 is 0. The van der Waals surface area contributed by atoms with Crippen LogP contribution >= 0.6 is 0 Å². The molecule has 0 radical (unpaired) electrons. The topological polar surface area (TPSA) is 63.4 Å². The number of hydrogen-bond acceptors (Lipinski definition) is 4. The van der Waals surface area contributed by atoms with Crippen LogP contribution in [0.4, 0.5) is 4.39 Å². The number of carbonyl (C=O) groups excluding carboxylic acids is 2. The second-order valence-corrected chi connectivity index (χ2v) is 8.62. The second-order valence-electron chi connectivity index (χ2n) is 8.62. The third-order valence-corrected chi connectivity index (χ3v) is 6.53. The van der Waals surface area contributed by atoms with E-state index in [-0.39, 0.29) is 30.3 Å².